The number of carbonyl (C=O) groups is 1. The molecule has 0 bridgehead atoms. The topological polar surface area (TPSA) is 46.3 Å². The van der Waals surface area contributed by atoms with Crippen LogP contribution in [0.25, 0.3) is 0 Å². The molecular formula is C13H18F2N2O. The van der Waals surface area contributed by atoms with Crippen molar-refractivity contribution in [2.75, 3.05) is 19.6 Å². The van der Waals surface area contributed by atoms with Gasteiger partial charge in [0, 0.05) is 25.7 Å². The molecule has 5 heteroatoms. The molecular weight excluding hydrogens is 238 g/mol. The first-order chi connectivity index (χ1) is 8.51. The standard InChI is InChI=1S/C13H18F2N2O/c1-3-5-17(6-4-16)13(18)10-7-9(2)11(14)8-12(10)15/h7-8H,3-6,16H2,1-2H3. The van der Waals surface area contributed by atoms with Gasteiger partial charge in [0.05, 0.1) is 5.56 Å². The average Bonchev–Trinajstić information content (AvgIpc) is 2.33. The summed E-state index contributed by atoms with van der Waals surface area (Å²) in [5, 5.41) is 0. The molecule has 2 N–H and O–H groups in total. The molecule has 100 valence electrons. The highest BCUT2D eigenvalue weighted by molar-refractivity contribution is 5.94. The smallest absolute Gasteiger partial charge is 0.256 e. The van der Waals surface area contributed by atoms with Crippen molar-refractivity contribution in [3.05, 3.63) is 34.9 Å². The largest absolute Gasteiger partial charge is 0.337 e. The van der Waals surface area contributed by atoms with Crippen LogP contribution in [0.4, 0.5) is 8.78 Å². The lowest BCUT2D eigenvalue weighted by molar-refractivity contribution is 0.0755. The van der Waals surface area contributed by atoms with E-state index in [9.17, 15) is 13.6 Å². The zero-order valence-corrected chi connectivity index (χ0v) is 10.7. The van der Waals surface area contributed by atoms with Gasteiger partial charge in [0.15, 0.2) is 0 Å². The summed E-state index contributed by atoms with van der Waals surface area (Å²) in [6.07, 6.45) is 0.757. The summed E-state index contributed by atoms with van der Waals surface area (Å²) in [7, 11) is 0. The summed E-state index contributed by atoms with van der Waals surface area (Å²) in [6, 6.07) is 1.99. The van der Waals surface area contributed by atoms with Crippen molar-refractivity contribution in [2.45, 2.75) is 20.3 Å². The van der Waals surface area contributed by atoms with Crippen LogP contribution in [0, 0.1) is 18.6 Å². The number of halogens is 2. The number of benzene rings is 1. The first-order valence-electron chi connectivity index (χ1n) is 5.96. The summed E-state index contributed by atoms with van der Waals surface area (Å²) in [4.78, 5) is 13.6. The molecule has 3 nitrogen and oxygen atoms in total. The molecule has 0 aromatic heterocycles. The number of rotatable bonds is 5. The van der Waals surface area contributed by atoms with Gasteiger partial charge in [-0.2, -0.15) is 0 Å². The van der Waals surface area contributed by atoms with Gasteiger partial charge in [0.25, 0.3) is 5.91 Å². The molecule has 0 atom stereocenters. The third-order valence-corrected chi connectivity index (χ3v) is 2.66. The molecule has 0 radical (unpaired) electrons. The molecule has 0 saturated heterocycles. The minimum atomic E-state index is -0.832. The van der Waals surface area contributed by atoms with Crippen LogP contribution in [-0.4, -0.2) is 30.4 Å². The maximum Gasteiger partial charge on any atom is 0.256 e. The number of nitrogens with zero attached hydrogens (tertiary/aromatic N) is 1. The normalized spacial score (nSPS) is 10.5. The molecule has 0 heterocycles. The number of aryl methyl sites for hydroxylation is 1. The van der Waals surface area contributed by atoms with Crippen molar-refractivity contribution < 1.29 is 13.6 Å². The van der Waals surface area contributed by atoms with Crippen LogP contribution in [0.3, 0.4) is 0 Å². The maximum absolute atomic E-state index is 13.6. The van der Waals surface area contributed by atoms with E-state index in [0.29, 0.717) is 19.6 Å². The van der Waals surface area contributed by atoms with Crippen molar-refractivity contribution >= 4 is 5.91 Å². The lowest BCUT2D eigenvalue weighted by atomic mass is 10.1. The van der Waals surface area contributed by atoms with Crippen LogP contribution in [0.15, 0.2) is 12.1 Å². The molecule has 0 aliphatic rings. The van der Waals surface area contributed by atoms with Crippen LogP contribution in [0.5, 0.6) is 0 Å². The molecule has 18 heavy (non-hydrogen) atoms. The van der Waals surface area contributed by atoms with Gasteiger partial charge >= 0.3 is 0 Å². The van der Waals surface area contributed by atoms with E-state index in [4.69, 9.17) is 5.73 Å². The van der Waals surface area contributed by atoms with Gasteiger partial charge in [-0.3, -0.25) is 4.79 Å². The Morgan fingerprint density at radius 2 is 1.94 bits per heavy atom. The number of carbonyl (C=O) groups excluding carboxylic acids is 1. The van der Waals surface area contributed by atoms with Crippen molar-refractivity contribution in [3.63, 3.8) is 0 Å². The maximum atomic E-state index is 13.6. The number of hydrogen-bond acceptors (Lipinski definition) is 2. The summed E-state index contributed by atoms with van der Waals surface area (Å²) >= 11 is 0. The van der Waals surface area contributed by atoms with Gasteiger partial charge in [0.2, 0.25) is 0 Å². The van der Waals surface area contributed by atoms with E-state index in [1.807, 2.05) is 6.92 Å². The van der Waals surface area contributed by atoms with E-state index < -0.39 is 17.5 Å². The Hall–Kier alpha value is -1.49. The van der Waals surface area contributed by atoms with E-state index in [1.54, 1.807) is 0 Å². The Morgan fingerprint density at radius 3 is 2.50 bits per heavy atom. The third kappa shape index (κ3) is 3.26. The predicted molar refractivity (Wildman–Crippen MR) is 66.3 cm³/mol. The Balaban J connectivity index is 3.04. The average molecular weight is 256 g/mol. The number of nitrogens with two attached hydrogens (primary N) is 1. The van der Waals surface area contributed by atoms with Gasteiger partial charge < -0.3 is 10.6 Å². The van der Waals surface area contributed by atoms with Crippen LogP contribution in [-0.2, 0) is 0 Å². The van der Waals surface area contributed by atoms with Crippen molar-refractivity contribution in [2.24, 2.45) is 5.73 Å². The SMILES string of the molecule is CCCN(CCN)C(=O)c1cc(C)c(F)cc1F. The predicted octanol–water partition coefficient (Wildman–Crippen LogP) is 2.08. The van der Waals surface area contributed by atoms with E-state index in [2.05, 4.69) is 0 Å². The van der Waals surface area contributed by atoms with Crippen LogP contribution < -0.4 is 5.73 Å². The summed E-state index contributed by atoms with van der Waals surface area (Å²) < 4.78 is 26.7. The van der Waals surface area contributed by atoms with Crippen LogP contribution in [0.1, 0.15) is 29.3 Å². The first kappa shape index (κ1) is 14.6. The summed E-state index contributed by atoms with van der Waals surface area (Å²) in [5.41, 5.74) is 5.57. The van der Waals surface area contributed by atoms with E-state index in [1.165, 1.54) is 17.9 Å². The van der Waals surface area contributed by atoms with Gasteiger partial charge in [-0.05, 0) is 25.0 Å². The second-order valence-electron chi connectivity index (χ2n) is 4.16. The van der Waals surface area contributed by atoms with E-state index in [-0.39, 0.29) is 11.1 Å². The van der Waals surface area contributed by atoms with Crippen molar-refractivity contribution in [1.29, 1.82) is 0 Å². The fourth-order valence-electron chi connectivity index (χ4n) is 1.73. The summed E-state index contributed by atoms with van der Waals surface area (Å²) in [6.45, 7) is 4.60. The molecule has 0 aliphatic carbocycles. The molecule has 0 spiro atoms. The Morgan fingerprint density at radius 1 is 1.28 bits per heavy atom. The highest BCUT2D eigenvalue weighted by Gasteiger charge is 2.19. The van der Waals surface area contributed by atoms with Gasteiger partial charge in [-0.25, -0.2) is 8.78 Å². The minimum Gasteiger partial charge on any atom is -0.337 e. The van der Waals surface area contributed by atoms with E-state index in [0.717, 1.165) is 12.5 Å². The number of hydrogen-bond donors (Lipinski definition) is 1. The van der Waals surface area contributed by atoms with Crippen LogP contribution >= 0.6 is 0 Å². The zero-order valence-electron chi connectivity index (χ0n) is 10.7. The highest BCUT2D eigenvalue weighted by Crippen LogP contribution is 2.16. The molecule has 0 unspecified atom stereocenters. The van der Waals surface area contributed by atoms with Gasteiger partial charge in [0.1, 0.15) is 11.6 Å². The molecule has 1 amide bonds. The Kier molecular flexibility index (Phi) is 5.22. The monoisotopic (exact) mass is 256 g/mol. The van der Waals surface area contributed by atoms with E-state index >= 15 is 0 Å². The summed E-state index contributed by atoms with van der Waals surface area (Å²) in [5.74, 6) is -1.92. The second-order valence-corrected chi connectivity index (χ2v) is 4.16. The van der Waals surface area contributed by atoms with Crippen LogP contribution in [0.2, 0.25) is 0 Å². The fraction of sp³-hybridized carbons (Fsp3) is 0.462. The molecule has 1 rings (SSSR count). The van der Waals surface area contributed by atoms with Crippen molar-refractivity contribution in [3.8, 4) is 0 Å². The Labute approximate surface area is 106 Å². The first-order valence-corrected chi connectivity index (χ1v) is 5.96. The molecule has 1 aromatic rings. The second kappa shape index (κ2) is 6.44. The molecule has 1 aromatic carbocycles. The quantitative estimate of drug-likeness (QED) is 0.876. The third-order valence-electron chi connectivity index (χ3n) is 2.66. The molecule has 0 fully saturated rings. The molecule has 0 saturated carbocycles. The lowest BCUT2D eigenvalue weighted by Crippen LogP contribution is -2.36. The van der Waals surface area contributed by atoms with Gasteiger partial charge in [-0.15, -0.1) is 0 Å². The minimum absolute atomic E-state index is 0.101. The lowest BCUT2D eigenvalue weighted by Gasteiger charge is -2.21. The zero-order chi connectivity index (χ0) is 13.7. The fourth-order valence-corrected chi connectivity index (χ4v) is 1.73. The molecule has 0 aliphatic heterocycles. The van der Waals surface area contributed by atoms with Crippen molar-refractivity contribution in [1.82, 2.24) is 4.90 Å². The highest BCUT2D eigenvalue weighted by atomic mass is 19.1. The number of amides is 1. The van der Waals surface area contributed by atoms with Gasteiger partial charge in [-0.1, -0.05) is 6.92 Å². The Bertz CT molecular complexity index is 429.